The van der Waals surface area contributed by atoms with Crippen molar-refractivity contribution in [2.24, 2.45) is 0 Å². The number of esters is 1. The van der Waals surface area contributed by atoms with Crippen LogP contribution in [0.5, 0.6) is 0 Å². The highest BCUT2D eigenvalue weighted by molar-refractivity contribution is 5.83. The first-order chi connectivity index (χ1) is 7.29. The van der Waals surface area contributed by atoms with Crippen LogP contribution in [0, 0.1) is 0 Å². The van der Waals surface area contributed by atoms with Crippen LogP contribution in [0.3, 0.4) is 0 Å². The SMILES string of the molecule is CCCCOC(=O)C12CCCCCC1O2. The molecule has 0 aromatic heterocycles. The van der Waals surface area contributed by atoms with Crippen LogP contribution in [0.15, 0.2) is 0 Å². The Kier molecular flexibility index (Phi) is 3.29. The molecule has 0 amide bonds. The molecule has 3 nitrogen and oxygen atoms in total. The Morgan fingerprint density at radius 3 is 3.13 bits per heavy atom. The summed E-state index contributed by atoms with van der Waals surface area (Å²) in [5.74, 6) is -0.108. The predicted molar refractivity (Wildman–Crippen MR) is 56.6 cm³/mol. The molecular weight excluding hydrogens is 192 g/mol. The third-order valence-corrected chi connectivity index (χ3v) is 3.41. The van der Waals surface area contributed by atoms with E-state index < -0.39 is 5.60 Å². The van der Waals surface area contributed by atoms with Crippen LogP contribution < -0.4 is 0 Å². The van der Waals surface area contributed by atoms with Gasteiger partial charge in [-0.3, -0.25) is 0 Å². The summed E-state index contributed by atoms with van der Waals surface area (Å²) in [5, 5.41) is 0. The fourth-order valence-electron chi connectivity index (χ4n) is 2.34. The Morgan fingerprint density at radius 1 is 1.47 bits per heavy atom. The predicted octanol–water partition coefficient (Wildman–Crippen LogP) is 2.43. The summed E-state index contributed by atoms with van der Waals surface area (Å²) in [5.41, 5.74) is -0.524. The second kappa shape index (κ2) is 4.52. The summed E-state index contributed by atoms with van der Waals surface area (Å²) >= 11 is 0. The van der Waals surface area contributed by atoms with Gasteiger partial charge in [-0.2, -0.15) is 0 Å². The van der Waals surface area contributed by atoms with E-state index in [1.54, 1.807) is 0 Å². The first-order valence-electron chi connectivity index (χ1n) is 6.14. The number of hydrogen-bond acceptors (Lipinski definition) is 3. The minimum absolute atomic E-state index is 0.108. The largest absolute Gasteiger partial charge is 0.463 e. The summed E-state index contributed by atoms with van der Waals surface area (Å²) in [6.07, 6.45) is 7.58. The third kappa shape index (κ3) is 2.17. The molecule has 2 aliphatic rings. The topological polar surface area (TPSA) is 38.8 Å². The molecule has 1 aliphatic heterocycles. The number of carbonyl (C=O) groups is 1. The maximum atomic E-state index is 11.8. The van der Waals surface area contributed by atoms with Gasteiger partial charge in [-0.25, -0.2) is 4.79 Å². The molecule has 0 radical (unpaired) electrons. The molecule has 0 bridgehead atoms. The van der Waals surface area contributed by atoms with Gasteiger partial charge in [0.15, 0.2) is 5.60 Å². The molecule has 2 fully saturated rings. The molecule has 0 aromatic rings. The van der Waals surface area contributed by atoms with Gasteiger partial charge in [0.05, 0.1) is 12.7 Å². The van der Waals surface area contributed by atoms with Crippen molar-refractivity contribution in [2.75, 3.05) is 6.61 Å². The van der Waals surface area contributed by atoms with Crippen LogP contribution in [-0.2, 0) is 14.3 Å². The molecule has 1 saturated carbocycles. The fourth-order valence-corrected chi connectivity index (χ4v) is 2.34. The second-order valence-electron chi connectivity index (χ2n) is 4.58. The van der Waals surface area contributed by atoms with Gasteiger partial charge in [-0.05, 0) is 25.7 Å². The summed E-state index contributed by atoms with van der Waals surface area (Å²) in [7, 11) is 0. The van der Waals surface area contributed by atoms with Gasteiger partial charge in [0.2, 0.25) is 0 Å². The van der Waals surface area contributed by atoms with Crippen molar-refractivity contribution in [3.05, 3.63) is 0 Å². The molecule has 0 aromatic carbocycles. The van der Waals surface area contributed by atoms with Crippen molar-refractivity contribution in [2.45, 2.75) is 63.6 Å². The number of rotatable bonds is 4. The van der Waals surface area contributed by atoms with Gasteiger partial charge in [0.1, 0.15) is 0 Å². The van der Waals surface area contributed by atoms with E-state index in [0.29, 0.717) is 6.61 Å². The Hall–Kier alpha value is -0.570. The van der Waals surface area contributed by atoms with Gasteiger partial charge in [-0.1, -0.05) is 26.2 Å². The monoisotopic (exact) mass is 212 g/mol. The van der Waals surface area contributed by atoms with Crippen LogP contribution in [0.2, 0.25) is 0 Å². The first kappa shape index (κ1) is 10.9. The summed E-state index contributed by atoms with van der Waals surface area (Å²) in [6, 6.07) is 0. The number of fused-ring (bicyclic) bond motifs is 1. The van der Waals surface area contributed by atoms with Crippen LogP contribution in [-0.4, -0.2) is 24.3 Å². The van der Waals surface area contributed by atoms with Gasteiger partial charge in [0, 0.05) is 0 Å². The van der Waals surface area contributed by atoms with E-state index in [4.69, 9.17) is 9.47 Å². The maximum absolute atomic E-state index is 11.8. The Morgan fingerprint density at radius 2 is 2.33 bits per heavy atom. The quantitative estimate of drug-likeness (QED) is 0.408. The lowest BCUT2D eigenvalue weighted by atomic mass is 10.0. The van der Waals surface area contributed by atoms with Crippen molar-refractivity contribution in [1.82, 2.24) is 0 Å². The Labute approximate surface area is 91.1 Å². The maximum Gasteiger partial charge on any atom is 0.341 e. The molecule has 86 valence electrons. The van der Waals surface area contributed by atoms with Crippen LogP contribution in [0.25, 0.3) is 0 Å². The van der Waals surface area contributed by atoms with Gasteiger partial charge in [0.25, 0.3) is 0 Å². The van der Waals surface area contributed by atoms with Crippen molar-refractivity contribution in [3.63, 3.8) is 0 Å². The molecule has 1 aliphatic carbocycles. The lowest BCUT2D eigenvalue weighted by molar-refractivity contribution is -0.150. The van der Waals surface area contributed by atoms with E-state index in [0.717, 1.165) is 32.1 Å². The Balaban J connectivity index is 1.84. The normalized spacial score (nSPS) is 34.1. The molecule has 1 saturated heterocycles. The highest BCUT2D eigenvalue weighted by Gasteiger charge is 2.63. The molecule has 15 heavy (non-hydrogen) atoms. The average Bonchev–Trinajstić information content (AvgIpc) is 2.92. The zero-order chi connectivity index (χ0) is 10.7. The van der Waals surface area contributed by atoms with Gasteiger partial charge in [-0.15, -0.1) is 0 Å². The third-order valence-electron chi connectivity index (χ3n) is 3.41. The average molecular weight is 212 g/mol. The van der Waals surface area contributed by atoms with E-state index in [1.807, 2.05) is 0 Å². The standard InChI is InChI=1S/C12H20O3/c1-2-3-9-14-11(13)12-8-6-4-5-7-10(12)15-12/h10H,2-9H2,1H3. The second-order valence-corrected chi connectivity index (χ2v) is 4.58. The smallest absolute Gasteiger partial charge is 0.341 e. The summed E-state index contributed by atoms with van der Waals surface area (Å²) in [6.45, 7) is 2.64. The number of ether oxygens (including phenoxy) is 2. The summed E-state index contributed by atoms with van der Waals surface area (Å²) in [4.78, 5) is 11.8. The molecule has 0 N–H and O–H groups in total. The summed E-state index contributed by atoms with van der Waals surface area (Å²) < 4.78 is 10.8. The van der Waals surface area contributed by atoms with E-state index in [1.165, 1.54) is 12.8 Å². The zero-order valence-electron chi connectivity index (χ0n) is 9.46. The van der Waals surface area contributed by atoms with E-state index in [-0.39, 0.29) is 12.1 Å². The Bertz CT molecular complexity index is 239. The number of carbonyl (C=O) groups excluding carboxylic acids is 1. The molecule has 2 unspecified atom stereocenters. The highest BCUT2D eigenvalue weighted by atomic mass is 16.7. The zero-order valence-corrected chi connectivity index (χ0v) is 9.46. The van der Waals surface area contributed by atoms with Crippen LogP contribution >= 0.6 is 0 Å². The molecular formula is C12H20O3. The molecule has 2 atom stereocenters. The molecule has 0 spiro atoms. The van der Waals surface area contributed by atoms with Gasteiger partial charge < -0.3 is 9.47 Å². The van der Waals surface area contributed by atoms with Crippen molar-refractivity contribution < 1.29 is 14.3 Å². The van der Waals surface area contributed by atoms with Crippen molar-refractivity contribution in [1.29, 1.82) is 0 Å². The molecule has 1 heterocycles. The fraction of sp³-hybridized carbons (Fsp3) is 0.917. The lowest BCUT2D eigenvalue weighted by Gasteiger charge is -2.10. The van der Waals surface area contributed by atoms with Crippen LogP contribution in [0.1, 0.15) is 51.9 Å². The van der Waals surface area contributed by atoms with Crippen LogP contribution in [0.4, 0.5) is 0 Å². The van der Waals surface area contributed by atoms with E-state index in [9.17, 15) is 4.79 Å². The molecule has 2 rings (SSSR count). The lowest BCUT2D eigenvalue weighted by Crippen LogP contribution is -2.29. The first-order valence-corrected chi connectivity index (χ1v) is 6.14. The minimum Gasteiger partial charge on any atom is -0.463 e. The number of hydrogen-bond donors (Lipinski definition) is 0. The number of epoxide rings is 1. The van der Waals surface area contributed by atoms with Crippen molar-refractivity contribution in [3.8, 4) is 0 Å². The number of unbranched alkanes of at least 4 members (excludes halogenated alkanes) is 1. The van der Waals surface area contributed by atoms with E-state index >= 15 is 0 Å². The highest BCUT2D eigenvalue weighted by Crippen LogP contribution is 2.47. The molecule has 3 heteroatoms. The minimum atomic E-state index is -0.524. The van der Waals surface area contributed by atoms with E-state index in [2.05, 4.69) is 6.92 Å². The van der Waals surface area contributed by atoms with Crippen molar-refractivity contribution >= 4 is 5.97 Å². The van der Waals surface area contributed by atoms with Gasteiger partial charge >= 0.3 is 5.97 Å².